The molecule has 36 heavy (non-hydrogen) atoms. The van der Waals surface area contributed by atoms with E-state index in [9.17, 15) is 9.59 Å². The van der Waals surface area contributed by atoms with Gasteiger partial charge in [0.15, 0.2) is 0 Å². The summed E-state index contributed by atoms with van der Waals surface area (Å²) in [6.07, 6.45) is 0. The minimum atomic E-state index is -0.106. The maximum absolute atomic E-state index is 13.2. The predicted molar refractivity (Wildman–Crippen MR) is 152 cm³/mol. The van der Waals surface area contributed by atoms with Crippen molar-refractivity contribution in [2.75, 3.05) is 38.1 Å². The number of nitrogens with zero attached hydrogens (tertiary/aromatic N) is 3. The molecule has 0 radical (unpaired) electrons. The molecule has 0 aliphatic carbocycles. The van der Waals surface area contributed by atoms with Crippen LogP contribution in [0, 0.1) is 6.92 Å². The molecule has 0 atom stereocenters. The van der Waals surface area contributed by atoms with Crippen molar-refractivity contribution in [3.8, 4) is 0 Å². The third kappa shape index (κ3) is 8.91. The van der Waals surface area contributed by atoms with Gasteiger partial charge in [0.1, 0.15) is 0 Å². The average Bonchev–Trinajstić information content (AvgIpc) is 3.21. The quantitative estimate of drug-likeness (QED) is 0.483. The van der Waals surface area contributed by atoms with Gasteiger partial charge in [0, 0.05) is 49.5 Å². The molecule has 0 bridgehead atoms. The number of hydrogen-bond donors (Lipinski definition) is 2. The van der Waals surface area contributed by atoms with Crippen LogP contribution in [0.5, 0.6) is 0 Å². The SMILES string of the molecule is Cc1ccc(Cl)cc1N(CCNC(C)(C)C)C(=O)CNCC(=O)N(C)N1Cc2ccccc2C1.Cl.Cl. The topological polar surface area (TPSA) is 67.9 Å². The van der Waals surface area contributed by atoms with E-state index in [0.717, 1.165) is 11.3 Å². The molecule has 0 saturated heterocycles. The second-order valence-electron chi connectivity index (χ2n) is 9.77. The van der Waals surface area contributed by atoms with Crippen LogP contribution in [0.4, 0.5) is 5.69 Å². The number of carbonyl (C=O) groups is 2. The van der Waals surface area contributed by atoms with Crippen molar-refractivity contribution in [3.63, 3.8) is 0 Å². The lowest BCUT2D eigenvalue weighted by atomic mass is 10.1. The van der Waals surface area contributed by atoms with Crippen molar-refractivity contribution in [1.82, 2.24) is 20.7 Å². The fourth-order valence-electron chi connectivity index (χ4n) is 3.97. The van der Waals surface area contributed by atoms with Gasteiger partial charge in [-0.15, -0.1) is 24.8 Å². The number of anilines is 1. The summed E-state index contributed by atoms with van der Waals surface area (Å²) < 4.78 is 0. The van der Waals surface area contributed by atoms with E-state index in [1.807, 2.05) is 42.3 Å². The summed E-state index contributed by atoms with van der Waals surface area (Å²) in [5.74, 6) is -0.189. The van der Waals surface area contributed by atoms with Crippen molar-refractivity contribution >= 4 is 53.9 Å². The molecule has 200 valence electrons. The minimum absolute atomic E-state index is 0. The molecule has 0 aromatic heterocycles. The average molecular weight is 559 g/mol. The van der Waals surface area contributed by atoms with Gasteiger partial charge in [-0.25, -0.2) is 5.01 Å². The Balaban J connectivity index is 0.00000324. The molecular weight excluding hydrogens is 521 g/mol. The lowest BCUT2D eigenvalue weighted by Gasteiger charge is -2.29. The molecule has 1 aliphatic heterocycles. The van der Waals surface area contributed by atoms with Gasteiger partial charge in [0.25, 0.3) is 5.91 Å². The van der Waals surface area contributed by atoms with Crippen LogP contribution in [0.2, 0.25) is 5.02 Å². The number of amides is 2. The number of rotatable bonds is 9. The van der Waals surface area contributed by atoms with Crippen LogP contribution in [-0.2, 0) is 22.7 Å². The number of hydrogen-bond acceptors (Lipinski definition) is 5. The van der Waals surface area contributed by atoms with E-state index in [2.05, 4.69) is 43.5 Å². The molecule has 0 fully saturated rings. The molecule has 0 spiro atoms. The van der Waals surface area contributed by atoms with Gasteiger partial charge >= 0.3 is 0 Å². The monoisotopic (exact) mass is 557 g/mol. The van der Waals surface area contributed by atoms with Gasteiger partial charge in [-0.2, -0.15) is 0 Å². The maximum atomic E-state index is 13.2. The largest absolute Gasteiger partial charge is 0.310 e. The highest BCUT2D eigenvalue weighted by molar-refractivity contribution is 6.31. The summed E-state index contributed by atoms with van der Waals surface area (Å²) in [6, 6.07) is 13.8. The molecule has 2 amide bonds. The van der Waals surface area contributed by atoms with Crippen LogP contribution in [0.1, 0.15) is 37.5 Å². The number of carbonyl (C=O) groups excluding carboxylic acids is 2. The van der Waals surface area contributed by atoms with Gasteiger partial charge in [-0.3, -0.25) is 19.9 Å². The molecule has 0 saturated carbocycles. The second kappa shape index (κ2) is 14.2. The van der Waals surface area contributed by atoms with E-state index >= 15 is 0 Å². The number of benzene rings is 2. The highest BCUT2D eigenvalue weighted by Gasteiger charge is 2.25. The summed E-state index contributed by atoms with van der Waals surface area (Å²) in [4.78, 5) is 27.7. The first-order valence-corrected chi connectivity index (χ1v) is 12.0. The number of hydrazine groups is 1. The molecule has 2 aromatic carbocycles. The highest BCUT2D eigenvalue weighted by Crippen LogP contribution is 2.25. The van der Waals surface area contributed by atoms with Crippen molar-refractivity contribution in [2.24, 2.45) is 0 Å². The van der Waals surface area contributed by atoms with Crippen molar-refractivity contribution in [3.05, 3.63) is 64.2 Å². The Bertz CT molecular complexity index is 1000. The zero-order valence-electron chi connectivity index (χ0n) is 21.6. The molecule has 2 N–H and O–H groups in total. The van der Waals surface area contributed by atoms with Crippen LogP contribution in [0.25, 0.3) is 0 Å². The Morgan fingerprint density at radius 1 is 1.00 bits per heavy atom. The van der Waals surface area contributed by atoms with Gasteiger partial charge in [-0.05, 0) is 56.5 Å². The normalized spacial score (nSPS) is 12.8. The van der Waals surface area contributed by atoms with Crippen LogP contribution in [0.3, 0.4) is 0 Å². The highest BCUT2D eigenvalue weighted by atomic mass is 35.5. The predicted octanol–water partition coefficient (Wildman–Crippen LogP) is 4.19. The van der Waals surface area contributed by atoms with E-state index in [4.69, 9.17) is 11.6 Å². The first kappa shape index (κ1) is 32.2. The van der Waals surface area contributed by atoms with Gasteiger partial charge in [-0.1, -0.05) is 41.9 Å². The molecule has 1 heterocycles. The van der Waals surface area contributed by atoms with Crippen LogP contribution in [-0.4, -0.2) is 60.6 Å². The van der Waals surface area contributed by atoms with Crippen molar-refractivity contribution in [2.45, 2.75) is 46.3 Å². The summed E-state index contributed by atoms with van der Waals surface area (Å²) in [5, 5.41) is 10.7. The molecule has 0 unspecified atom stereocenters. The third-order valence-electron chi connectivity index (χ3n) is 5.92. The Hall–Kier alpha value is -1.87. The fraction of sp³-hybridized carbons (Fsp3) is 0.462. The number of fused-ring (bicyclic) bond motifs is 1. The molecule has 1 aliphatic rings. The zero-order chi connectivity index (χ0) is 24.9. The summed E-state index contributed by atoms with van der Waals surface area (Å²) in [5.41, 5.74) is 4.18. The number of likely N-dealkylation sites (N-methyl/N-ethyl adjacent to an activating group) is 1. The fourth-order valence-corrected chi connectivity index (χ4v) is 4.13. The standard InChI is InChI=1S/C26H36ClN5O2.2ClH/c1-19-10-11-22(27)14-23(19)32(13-12-29-26(2,3)4)25(34)16-28-15-24(33)30(5)31-17-20-8-6-7-9-21(20)18-31;;/h6-11,14,28-29H,12-13,15-18H2,1-5H3;2*1H. The number of nitrogens with one attached hydrogen (secondary N) is 2. The van der Waals surface area contributed by atoms with Crippen molar-refractivity contribution < 1.29 is 9.59 Å². The van der Waals surface area contributed by atoms with Gasteiger partial charge in [0.05, 0.1) is 13.1 Å². The van der Waals surface area contributed by atoms with Crippen molar-refractivity contribution in [1.29, 1.82) is 0 Å². The van der Waals surface area contributed by atoms with E-state index in [1.165, 1.54) is 11.1 Å². The lowest BCUT2D eigenvalue weighted by Crippen LogP contribution is -2.48. The Morgan fingerprint density at radius 2 is 1.58 bits per heavy atom. The maximum Gasteiger partial charge on any atom is 0.250 e. The van der Waals surface area contributed by atoms with Crippen LogP contribution >= 0.6 is 36.4 Å². The molecule has 3 rings (SSSR count). The smallest absolute Gasteiger partial charge is 0.250 e. The van der Waals surface area contributed by atoms with E-state index in [0.29, 0.717) is 31.2 Å². The second-order valence-corrected chi connectivity index (χ2v) is 10.2. The number of aryl methyl sites for hydroxylation is 1. The Labute approximate surface area is 232 Å². The first-order chi connectivity index (χ1) is 16.0. The van der Waals surface area contributed by atoms with E-state index < -0.39 is 0 Å². The van der Waals surface area contributed by atoms with Crippen LogP contribution < -0.4 is 15.5 Å². The molecule has 2 aromatic rings. The summed E-state index contributed by atoms with van der Waals surface area (Å²) in [6.45, 7) is 10.9. The number of halogens is 3. The summed E-state index contributed by atoms with van der Waals surface area (Å²) in [7, 11) is 1.78. The Kier molecular flexibility index (Phi) is 12.7. The molecular formula is C26H38Cl3N5O2. The van der Waals surface area contributed by atoms with E-state index in [1.54, 1.807) is 17.0 Å². The van der Waals surface area contributed by atoms with Gasteiger partial charge < -0.3 is 10.2 Å². The van der Waals surface area contributed by atoms with Crippen LogP contribution in [0.15, 0.2) is 42.5 Å². The lowest BCUT2D eigenvalue weighted by molar-refractivity contribution is -0.145. The minimum Gasteiger partial charge on any atom is -0.310 e. The first-order valence-electron chi connectivity index (χ1n) is 11.7. The molecule has 7 nitrogen and oxygen atoms in total. The summed E-state index contributed by atoms with van der Waals surface area (Å²) >= 11 is 6.22. The zero-order valence-corrected chi connectivity index (χ0v) is 24.0. The Morgan fingerprint density at radius 3 is 2.17 bits per heavy atom. The van der Waals surface area contributed by atoms with Gasteiger partial charge in [0.2, 0.25) is 5.91 Å². The van der Waals surface area contributed by atoms with E-state index in [-0.39, 0.29) is 55.3 Å². The third-order valence-corrected chi connectivity index (χ3v) is 6.15. The molecule has 10 heteroatoms.